The molecule has 0 saturated heterocycles. The van der Waals surface area contributed by atoms with Gasteiger partial charge in [0.05, 0.1) is 14.2 Å². The molecule has 0 aromatic heterocycles. The maximum atomic E-state index is 5.48. The molecule has 0 spiro atoms. The summed E-state index contributed by atoms with van der Waals surface area (Å²) in [5.41, 5.74) is 1.30. The quantitative estimate of drug-likeness (QED) is 0.841. The third-order valence-electron chi connectivity index (χ3n) is 3.91. The Balaban J connectivity index is 2.15. The van der Waals surface area contributed by atoms with Crippen LogP contribution in [-0.2, 0) is 0 Å². The molecule has 100 valence electrons. The van der Waals surface area contributed by atoms with Crippen LogP contribution in [0.4, 0.5) is 0 Å². The van der Waals surface area contributed by atoms with Crippen LogP contribution in [-0.4, -0.2) is 27.3 Å². The predicted molar refractivity (Wildman–Crippen MR) is 73.6 cm³/mol. The van der Waals surface area contributed by atoms with E-state index in [0.29, 0.717) is 5.92 Å². The molecular weight excluding hydrogens is 226 g/mol. The molecule has 1 aliphatic rings. The molecular formula is C15H23NO2. The molecule has 0 aliphatic heterocycles. The standard InChI is InChI=1S/C15H23NO2/c1-4-16-10-11-5-7-13(11)14-9-12(17-2)6-8-15(14)18-3/h6,8-9,11,13,16H,4-5,7,10H2,1-3H3. The van der Waals surface area contributed by atoms with Crippen LogP contribution in [0.2, 0.25) is 0 Å². The van der Waals surface area contributed by atoms with Gasteiger partial charge in [-0.15, -0.1) is 0 Å². The minimum atomic E-state index is 0.606. The number of ether oxygens (including phenoxy) is 2. The van der Waals surface area contributed by atoms with Crippen molar-refractivity contribution in [2.24, 2.45) is 5.92 Å². The van der Waals surface area contributed by atoms with Crippen LogP contribution < -0.4 is 14.8 Å². The summed E-state index contributed by atoms with van der Waals surface area (Å²) in [7, 11) is 3.45. The highest BCUT2D eigenvalue weighted by atomic mass is 16.5. The van der Waals surface area contributed by atoms with Crippen LogP contribution in [0.25, 0.3) is 0 Å². The molecule has 1 saturated carbocycles. The smallest absolute Gasteiger partial charge is 0.122 e. The van der Waals surface area contributed by atoms with Crippen molar-refractivity contribution >= 4 is 0 Å². The topological polar surface area (TPSA) is 30.5 Å². The van der Waals surface area contributed by atoms with Gasteiger partial charge in [0.1, 0.15) is 11.5 Å². The average molecular weight is 249 g/mol. The summed E-state index contributed by atoms with van der Waals surface area (Å²) in [6, 6.07) is 6.10. The largest absolute Gasteiger partial charge is 0.497 e. The maximum absolute atomic E-state index is 5.48. The lowest BCUT2D eigenvalue weighted by Crippen LogP contribution is -2.33. The van der Waals surface area contributed by atoms with Gasteiger partial charge in [0, 0.05) is 5.56 Å². The molecule has 0 heterocycles. The fraction of sp³-hybridized carbons (Fsp3) is 0.600. The Hall–Kier alpha value is -1.22. The fourth-order valence-electron chi connectivity index (χ4n) is 2.68. The summed E-state index contributed by atoms with van der Waals surface area (Å²) in [5.74, 6) is 3.24. The van der Waals surface area contributed by atoms with Crippen molar-refractivity contribution < 1.29 is 9.47 Å². The molecule has 0 bridgehead atoms. The van der Waals surface area contributed by atoms with Gasteiger partial charge >= 0.3 is 0 Å². The van der Waals surface area contributed by atoms with Gasteiger partial charge in [0.2, 0.25) is 0 Å². The second-order valence-corrected chi connectivity index (χ2v) is 4.86. The molecule has 2 rings (SSSR count). The molecule has 3 nitrogen and oxygen atoms in total. The Morgan fingerprint density at radius 1 is 1.22 bits per heavy atom. The first kappa shape index (κ1) is 13.2. The van der Waals surface area contributed by atoms with Gasteiger partial charge in [-0.2, -0.15) is 0 Å². The van der Waals surface area contributed by atoms with E-state index in [4.69, 9.17) is 9.47 Å². The molecule has 2 unspecified atom stereocenters. The Bertz CT molecular complexity index is 392. The molecule has 1 aromatic rings. The molecule has 1 aromatic carbocycles. The highest BCUT2D eigenvalue weighted by Gasteiger charge is 2.33. The lowest BCUT2D eigenvalue weighted by atomic mass is 9.69. The summed E-state index contributed by atoms with van der Waals surface area (Å²) < 4.78 is 10.8. The summed E-state index contributed by atoms with van der Waals surface area (Å²) in [6.07, 6.45) is 2.55. The first-order chi connectivity index (χ1) is 8.80. The molecule has 1 aliphatic carbocycles. The van der Waals surface area contributed by atoms with E-state index in [1.54, 1.807) is 14.2 Å². The van der Waals surface area contributed by atoms with Gasteiger partial charge in [-0.05, 0) is 56.0 Å². The average Bonchev–Trinajstić information content (AvgIpc) is 2.38. The Morgan fingerprint density at radius 2 is 2.06 bits per heavy atom. The van der Waals surface area contributed by atoms with E-state index in [0.717, 1.165) is 30.5 Å². The molecule has 1 fully saturated rings. The zero-order chi connectivity index (χ0) is 13.0. The number of hydrogen-bond donors (Lipinski definition) is 1. The van der Waals surface area contributed by atoms with Crippen molar-refractivity contribution in [3.8, 4) is 11.5 Å². The van der Waals surface area contributed by atoms with Crippen molar-refractivity contribution in [1.82, 2.24) is 5.32 Å². The van der Waals surface area contributed by atoms with E-state index < -0.39 is 0 Å². The third kappa shape index (κ3) is 2.61. The van der Waals surface area contributed by atoms with Crippen LogP contribution in [0, 0.1) is 5.92 Å². The van der Waals surface area contributed by atoms with Gasteiger partial charge in [0.15, 0.2) is 0 Å². The van der Waals surface area contributed by atoms with E-state index in [2.05, 4.69) is 18.3 Å². The lowest BCUT2D eigenvalue weighted by Gasteiger charge is -2.38. The van der Waals surface area contributed by atoms with E-state index >= 15 is 0 Å². The molecule has 1 N–H and O–H groups in total. The maximum Gasteiger partial charge on any atom is 0.122 e. The van der Waals surface area contributed by atoms with E-state index in [9.17, 15) is 0 Å². The lowest BCUT2D eigenvalue weighted by molar-refractivity contribution is 0.240. The van der Waals surface area contributed by atoms with Crippen molar-refractivity contribution in [1.29, 1.82) is 0 Å². The third-order valence-corrected chi connectivity index (χ3v) is 3.91. The first-order valence-corrected chi connectivity index (χ1v) is 6.72. The minimum Gasteiger partial charge on any atom is -0.497 e. The van der Waals surface area contributed by atoms with Gasteiger partial charge in [-0.1, -0.05) is 6.92 Å². The van der Waals surface area contributed by atoms with E-state index in [-0.39, 0.29) is 0 Å². The van der Waals surface area contributed by atoms with Crippen LogP contribution in [0.3, 0.4) is 0 Å². The van der Waals surface area contributed by atoms with E-state index in [1.165, 1.54) is 18.4 Å². The second kappa shape index (κ2) is 6.10. The van der Waals surface area contributed by atoms with Crippen LogP contribution in [0.1, 0.15) is 31.2 Å². The van der Waals surface area contributed by atoms with Crippen LogP contribution in [0.15, 0.2) is 18.2 Å². The van der Waals surface area contributed by atoms with Gasteiger partial charge in [-0.3, -0.25) is 0 Å². The van der Waals surface area contributed by atoms with Crippen LogP contribution in [0.5, 0.6) is 11.5 Å². The first-order valence-electron chi connectivity index (χ1n) is 6.72. The number of hydrogen-bond acceptors (Lipinski definition) is 3. The highest BCUT2D eigenvalue weighted by Crippen LogP contribution is 2.46. The van der Waals surface area contributed by atoms with Crippen molar-refractivity contribution in [2.45, 2.75) is 25.7 Å². The Morgan fingerprint density at radius 3 is 2.61 bits per heavy atom. The van der Waals surface area contributed by atoms with E-state index in [1.807, 2.05) is 12.1 Å². The molecule has 3 heteroatoms. The van der Waals surface area contributed by atoms with Gasteiger partial charge in [0.25, 0.3) is 0 Å². The summed E-state index contributed by atoms with van der Waals surface area (Å²) >= 11 is 0. The number of benzene rings is 1. The summed E-state index contributed by atoms with van der Waals surface area (Å²) in [5, 5.41) is 3.44. The van der Waals surface area contributed by atoms with Crippen LogP contribution >= 0.6 is 0 Å². The Labute approximate surface area is 109 Å². The van der Waals surface area contributed by atoms with Crippen molar-refractivity contribution in [3.05, 3.63) is 23.8 Å². The second-order valence-electron chi connectivity index (χ2n) is 4.86. The van der Waals surface area contributed by atoms with Crippen molar-refractivity contribution in [3.63, 3.8) is 0 Å². The molecule has 0 amide bonds. The predicted octanol–water partition coefficient (Wildman–Crippen LogP) is 2.81. The Kier molecular flexibility index (Phi) is 4.48. The van der Waals surface area contributed by atoms with Crippen molar-refractivity contribution in [2.75, 3.05) is 27.3 Å². The number of rotatable bonds is 6. The zero-order valence-corrected chi connectivity index (χ0v) is 11.5. The minimum absolute atomic E-state index is 0.606. The summed E-state index contributed by atoms with van der Waals surface area (Å²) in [6.45, 7) is 4.29. The SMILES string of the molecule is CCNCC1CCC1c1cc(OC)ccc1OC. The normalized spacial score (nSPS) is 22.4. The number of nitrogens with one attached hydrogen (secondary N) is 1. The van der Waals surface area contributed by atoms with Gasteiger partial charge in [-0.25, -0.2) is 0 Å². The molecule has 0 radical (unpaired) electrons. The molecule has 18 heavy (non-hydrogen) atoms. The fourth-order valence-corrected chi connectivity index (χ4v) is 2.68. The molecule has 2 atom stereocenters. The van der Waals surface area contributed by atoms with Gasteiger partial charge < -0.3 is 14.8 Å². The monoisotopic (exact) mass is 249 g/mol. The number of methoxy groups -OCH3 is 2. The highest BCUT2D eigenvalue weighted by molar-refractivity contribution is 5.43. The summed E-state index contributed by atoms with van der Waals surface area (Å²) in [4.78, 5) is 0. The zero-order valence-electron chi connectivity index (χ0n) is 11.5.